The molecule has 4 aromatic heterocycles. The lowest BCUT2D eigenvalue weighted by molar-refractivity contribution is 1.13. The zero-order valence-corrected chi connectivity index (χ0v) is 39.8. The molecule has 0 aliphatic rings. The summed E-state index contributed by atoms with van der Waals surface area (Å²) in [7, 11) is 0. The summed E-state index contributed by atoms with van der Waals surface area (Å²) in [5, 5.41) is 20.9. The maximum Gasteiger partial charge on any atom is 0.220 e. The van der Waals surface area contributed by atoms with E-state index in [9.17, 15) is 11.8 Å². The third-order valence-electron chi connectivity index (χ3n) is 15.2. The summed E-state index contributed by atoms with van der Waals surface area (Å²) >= 11 is 0. The van der Waals surface area contributed by atoms with Crippen molar-refractivity contribution in [3.8, 4) is 51.1 Å². The van der Waals surface area contributed by atoms with Crippen LogP contribution in [0.25, 0.3) is 137 Å². The number of hydrogen-bond acceptors (Lipinski definition) is 1. The minimum Gasteiger partial charge on any atom is -0.318 e. The number of para-hydroxylation sites is 6. The lowest BCUT2D eigenvalue weighted by Gasteiger charge is -2.25. The molecule has 15 rings (SSSR count). The Hall–Kier alpha value is -10.4. The van der Waals surface area contributed by atoms with E-state index in [1.165, 1.54) is 21.5 Å². The Bertz CT molecular complexity index is 4540. The number of rotatable bonds is 6. The van der Waals surface area contributed by atoms with Crippen molar-refractivity contribution in [2.75, 3.05) is 0 Å². The maximum absolute atomic E-state index is 11.9. The molecule has 0 spiro atoms. The quantitative estimate of drug-likeness (QED) is 0.153. The summed E-state index contributed by atoms with van der Waals surface area (Å²) < 4.78 is 9.30. The lowest BCUT2D eigenvalue weighted by Crippen LogP contribution is -2.08. The average molecular weight is 941 g/mol. The van der Waals surface area contributed by atoms with Crippen LogP contribution in [-0.4, -0.2) is 18.3 Å². The Kier molecular flexibility index (Phi) is 8.99. The van der Waals surface area contributed by atoms with Gasteiger partial charge in [-0.2, -0.15) is 5.26 Å². The van der Waals surface area contributed by atoms with Crippen LogP contribution < -0.4 is 0 Å². The molecule has 0 unspecified atom stereocenters. The van der Waals surface area contributed by atoms with E-state index in [4.69, 9.17) is 0 Å². The summed E-state index contributed by atoms with van der Waals surface area (Å²) in [4.78, 5) is 4.54. The van der Waals surface area contributed by atoms with Crippen LogP contribution in [0.5, 0.6) is 0 Å². The van der Waals surface area contributed by atoms with E-state index in [-0.39, 0.29) is 0 Å². The van der Waals surface area contributed by atoms with Gasteiger partial charge in [0.2, 0.25) is 5.69 Å². The molecule has 0 atom stereocenters. The first-order chi connectivity index (χ1) is 36.7. The predicted molar refractivity (Wildman–Crippen MR) is 306 cm³/mol. The molecule has 0 radical (unpaired) electrons. The average Bonchev–Trinajstić information content (AvgIpc) is 4.20. The smallest absolute Gasteiger partial charge is 0.220 e. The monoisotopic (exact) mass is 940 g/mol. The molecule has 0 aliphatic carbocycles. The van der Waals surface area contributed by atoms with Crippen LogP contribution in [0.2, 0.25) is 0 Å². The SMILES string of the molecule is [C-]#[N+]c1c(-c2ccccc2)c(C#N)c(-n2c3ccccc3c3cc(-n4c5ccccc5c5ccccc54)ccc32)c(-c2ccccc2)c1-n1c2ccccc2c2cc(-n3c4ccccc4c4ccccc43)ccc21. The van der Waals surface area contributed by atoms with Crippen LogP contribution >= 0.6 is 0 Å². The molecule has 342 valence electrons. The number of fused-ring (bicyclic) bond motifs is 12. The Morgan fingerprint density at radius 3 is 1.00 bits per heavy atom. The van der Waals surface area contributed by atoms with Gasteiger partial charge in [-0.25, -0.2) is 4.85 Å². The summed E-state index contributed by atoms with van der Waals surface area (Å²) in [5.74, 6) is 0. The van der Waals surface area contributed by atoms with E-state index < -0.39 is 0 Å². The second kappa shape index (κ2) is 16.1. The topological polar surface area (TPSA) is 47.9 Å². The van der Waals surface area contributed by atoms with Crippen LogP contribution in [0.4, 0.5) is 5.69 Å². The fourth-order valence-electron chi connectivity index (χ4n) is 12.2. The molecule has 74 heavy (non-hydrogen) atoms. The van der Waals surface area contributed by atoms with E-state index in [0.717, 1.165) is 93.7 Å². The van der Waals surface area contributed by atoms with Crippen LogP contribution in [-0.2, 0) is 0 Å². The minimum absolute atomic E-state index is 0.402. The van der Waals surface area contributed by atoms with Crippen LogP contribution in [0, 0.1) is 17.9 Å². The standard InChI is InChI=1S/C68H40N6/c1-70-66-64(43-20-4-2-5-21-43)55(42-69)67(73-60-34-18-12-28-51(60)53-40-45(36-38-62(53)73)71-56-30-14-8-24-47(56)48-25-9-15-31-57(48)71)65(44-22-6-3-7-23-44)68(66)74-61-35-19-13-29-52(61)54-41-46(37-39-63(54)74)72-58-32-16-10-26-49(58)50-27-11-17-33-59(50)72/h2-41H. The Labute approximate surface area is 425 Å². The first kappa shape index (κ1) is 41.4. The Morgan fingerprint density at radius 2 is 0.622 bits per heavy atom. The van der Waals surface area contributed by atoms with Crippen LogP contribution in [0.1, 0.15) is 5.56 Å². The second-order valence-corrected chi connectivity index (χ2v) is 19.0. The van der Waals surface area contributed by atoms with Gasteiger partial charge in [0.15, 0.2) is 0 Å². The van der Waals surface area contributed by atoms with Crippen molar-refractivity contribution in [1.82, 2.24) is 18.3 Å². The molecule has 11 aromatic carbocycles. The van der Waals surface area contributed by atoms with E-state index in [2.05, 4.69) is 223 Å². The summed E-state index contributed by atoms with van der Waals surface area (Å²) in [5.41, 5.74) is 15.7. The number of nitriles is 1. The summed E-state index contributed by atoms with van der Waals surface area (Å²) in [6.45, 7) is 9.31. The van der Waals surface area contributed by atoms with Gasteiger partial charge in [-0.3, -0.25) is 0 Å². The third-order valence-corrected chi connectivity index (χ3v) is 15.2. The van der Waals surface area contributed by atoms with Crippen molar-refractivity contribution >= 4 is 92.9 Å². The zero-order chi connectivity index (χ0) is 49.0. The van der Waals surface area contributed by atoms with Gasteiger partial charge >= 0.3 is 0 Å². The maximum atomic E-state index is 11.9. The van der Waals surface area contributed by atoms with Crippen molar-refractivity contribution in [1.29, 1.82) is 5.26 Å². The molecular formula is C68H40N6. The van der Waals surface area contributed by atoms with Crippen LogP contribution in [0.15, 0.2) is 243 Å². The van der Waals surface area contributed by atoms with Gasteiger partial charge in [0, 0.05) is 65.6 Å². The normalized spacial score (nSPS) is 11.8. The van der Waals surface area contributed by atoms with E-state index in [0.29, 0.717) is 28.2 Å². The first-order valence-electron chi connectivity index (χ1n) is 24.9. The molecule has 0 saturated carbocycles. The fraction of sp³-hybridized carbons (Fsp3) is 0. The molecule has 0 N–H and O–H groups in total. The molecule has 6 heteroatoms. The third kappa shape index (κ3) is 5.79. The van der Waals surface area contributed by atoms with Crippen molar-refractivity contribution in [3.63, 3.8) is 0 Å². The predicted octanol–water partition coefficient (Wildman–Crippen LogP) is 17.8. The van der Waals surface area contributed by atoms with E-state index >= 15 is 0 Å². The molecule has 4 heterocycles. The molecule has 6 nitrogen and oxygen atoms in total. The van der Waals surface area contributed by atoms with Gasteiger partial charge in [0.05, 0.1) is 67.6 Å². The zero-order valence-electron chi connectivity index (χ0n) is 39.8. The van der Waals surface area contributed by atoms with Gasteiger partial charge in [-0.05, 0) is 83.9 Å². The van der Waals surface area contributed by atoms with Gasteiger partial charge < -0.3 is 18.3 Å². The summed E-state index contributed by atoms with van der Waals surface area (Å²) in [6.07, 6.45) is 0. The highest BCUT2D eigenvalue weighted by molar-refractivity contribution is 6.17. The number of nitrogens with zero attached hydrogens (tertiary/aromatic N) is 6. The highest BCUT2D eigenvalue weighted by Crippen LogP contribution is 2.52. The second-order valence-electron chi connectivity index (χ2n) is 19.0. The molecule has 0 fully saturated rings. The Morgan fingerprint density at radius 1 is 0.311 bits per heavy atom. The summed E-state index contributed by atoms with van der Waals surface area (Å²) in [6, 6.07) is 88.0. The van der Waals surface area contributed by atoms with Crippen LogP contribution in [0.3, 0.4) is 0 Å². The van der Waals surface area contributed by atoms with E-state index in [1.54, 1.807) is 0 Å². The molecule has 0 saturated heterocycles. The molecular weight excluding hydrogens is 901 g/mol. The van der Waals surface area contributed by atoms with Crippen molar-refractivity contribution in [2.24, 2.45) is 0 Å². The fourth-order valence-corrected chi connectivity index (χ4v) is 12.2. The van der Waals surface area contributed by atoms with Gasteiger partial charge in [0.25, 0.3) is 0 Å². The minimum atomic E-state index is 0.402. The number of hydrogen-bond donors (Lipinski definition) is 0. The number of aromatic nitrogens is 4. The van der Waals surface area contributed by atoms with Crippen molar-refractivity contribution in [2.45, 2.75) is 0 Å². The number of benzene rings is 11. The molecule has 0 aliphatic heterocycles. The molecule has 15 aromatic rings. The van der Waals surface area contributed by atoms with E-state index in [1.807, 2.05) is 48.5 Å². The van der Waals surface area contributed by atoms with Gasteiger partial charge in [0.1, 0.15) is 6.07 Å². The van der Waals surface area contributed by atoms with Crippen molar-refractivity contribution in [3.05, 3.63) is 260 Å². The highest BCUT2D eigenvalue weighted by Gasteiger charge is 2.32. The highest BCUT2D eigenvalue weighted by atomic mass is 15.1. The van der Waals surface area contributed by atoms with Gasteiger partial charge in [-0.1, -0.05) is 170 Å². The molecule has 0 amide bonds. The van der Waals surface area contributed by atoms with Crippen molar-refractivity contribution < 1.29 is 0 Å². The largest absolute Gasteiger partial charge is 0.318 e. The molecule has 0 bridgehead atoms. The lowest BCUT2D eigenvalue weighted by atomic mass is 9.88. The van der Waals surface area contributed by atoms with Gasteiger partial charge in [-0.15, -0.1) is 0 Å². The first-order valence-corrected chi connectivity index (χ1v) is 24.9. The Balaban J connectivity index is 1.09.